The van der Waals surface area contributed by atoms with Crippen LogP contribution in [0, 0.1) is 0 Å². The molecule has 0 aromatic rings. The van der Waals surface area contributed by atoms with Crippen molar-refractivity contribution in [1.29, 1.82) is 0 Å². The van der Waals surface area contributed by atoms with Gasteiger partial charge in [0, 0.05) is 5.57 Å². The van der Waals surface area contributed by atoms with E-state index in [0.717, 1.165) is 12.3 Å². The first-order chi connectivity index (χ1) is 6.17. The first kappa shape index (κ1) is 13.4. The highest BCUT2D eigenvalue weighted by Gasteiger charge is 2.31. The van der Waals surface area contributed by atoms with E-state index in [2.05, 4.69) is 4.18 Å². The van der Waals surface area contributed by atoms with Gasteiger partial charge in [-0.15, -0.1) is 0 Å². The molecule has 0 bridgehead atoms. The van der Waals surface area contributed by atoms with E-state index in [1.165, 1.54) is 6.92 Å². The Balaban J connectivity index is 4.36. The van der Waals surface area contributed by atoms with Crippen LogP contribution in [0.4, 0.5) is 13.2 Å². The summed E-state index contributed by atoms with van der Waals surface area (Å²) in [6.45, 7) is 0.751. The Kier molecular flexibility index (Phi) is 4.60. The molecule has 0 aliphatic rings. The van der Waals surface area contributed by atoms with E-state index in [1.807, 2.05) is 0 Å². The standard InChI is InChI=1S/C7H11F3O3S/c1-3-6(7(8,9)10)4-5-13-14(2,11)12/h4H,3,5H2,1-2H3. The van der Waals surface area contributed by atoms with Gasteiger partial charge >= 0.3 is 6.18 Å². The highest BCUT2D eigenvalue weighted by Crippen LogP contribution is 2.27. The lowest BCUT2D eigenvalue weighted by Crippen LogP contribution is -2.12. The summed E-state index contributed by atoms with van der Waals surface area (Å²) in [5.74, 6) is 0. The van der Waals surface area contributed by atoms with Crippen LogP contribution >= 0.6 is 0 Å². The lowest BCUT2D eigenvalue weighted by atomic mass is 10.2. The van der Waals surface area contributed by atoms with E-state index in [9.17, 15) is 21.6 Å². The second kappa shape index (κ2) is 4.79. The molecule has 0 saturated heterocycles. The van der Waals surface area contributed by atoms with Crippen LogP contribution in [0.5, 0.6) is 0 Å². The van der Waals surface area contributed by atoms with Gasteiger partial charge in [0.2, 0.25) is 0 Å². The Morgan fingerprint density at radius 2 is 1.93 bits per heavy atom. The summed E-state index contributed by atoms with van der Waals surface area (Å²) in [6, 6.07) is 0. The molecule has 0 saturated carbocycles. The summed E-state index contributed by atoms with van der Waals surface area (Å²) in [6.07, 6.45) is -3.13. The molecule has 0 aliphatic carbocycles. The number of hydrogen-bond acceptors (Lipinski definition) is 3. The van der Waals surface area contributed by atoms with Gasteiger partial charge < -0.3 is 0 Å². The van der Waals surface area contributed by atoms with Crippen molar-refractivity contribution in [1.82, 2.24) is 0 Å². The average molecular weight is 232 g/mol. The lowest BCUT2D eigenvalue weighted by Gasteiger charge is -2.08. The highest BCUT2D eigenvalue weighted by atomic mass is 32.2. The number of allylic oxidation sites excluding steroid dienone is 1. The Labute approximate surface area is 80.7 Å². The molecular weight excluding hydrogens is 221 g/mol. The van der Waals surface area contributed by atoms with Gasteiger partial charge in [-0.25, -0.2) is 0 Å². The molecule has 84 valence electrons. The van der Waals surface area contributed by atoms with Crippen molar-refractivity contribution in [2.75, 3.05) is 12.9 Å². The first-order valence-corrected chi connectivity index (χ1v) is 5.59. The summed E-state index contributed by atoms with van der Waals surface area (Å²) >= 11 is 0. The minimum absolute atomic E-state index is 0.212. The molecule has 0 aromatic carbocycles. The first-order valence-electron chi connectivity index (χ1n) is 3.77. The van der Waals surface area contributed by atoms with E-state index in [0.29, 0.717) is 0 Å². The maximum Gasteiger partial charge on any atom is 0.412 e. The van der Waals surface area contributed by atoms with E-state index < -0.39 is 28.5 Å². The Bertz CT molecular complexity index is 303. The van der Waals surface area contributed by atoms with E-state index in [4.69, 9.17) is 0 Å². The zero-order valence-electron chi connectivity index (χ0n) is 7.76. The van der Waals surface area contributed by atoms with E-state index in [-0.39, 0.29) is 6.42 Å². The van der Waals surface area contributed by atoms with Crippen molar-refractivity contribution >= 4 is 10.1 Å². The molecule has 0 heterocycles. The van der Waals surface area contributed by atoms with Gasteiger partial charge in [0.15, 0.2) is 0 Å². The van der Waals surface area contributed by atoms with Crippen molar-refractivity contribution in [3.63, 3.8) is 0 Å². The fraction of sp³-hybridized carbons (Fsp3) is 0.714. The number of alkyl halides is 3. The average Bonchev–Trinajstić information content (AvgIpc) is 1.93. The molecule has 0 amide bonds. The lowest BCUT2D eigenvalue weighted by molar-refractivity contribution is -0.0939. The molecular formula is C7H11F3O3S. The molecule has 0 unspecified atom stereocenters. The summed E-state index contributed by atoms with van der Waals surface area (Å²) in [5.41, 5.74) is -0.791. The SMILES string of the molecule is CCC(=CCOS(C)(=O)=O)C(F)(F)F. The molecule has 0 rings (SSSR count). The fourth-order valence-corrected chi connectivity index (χ4v) is 1.03. The maximum atomic E-state index is 12.1. The normalized spacial score (nSPS) is 14.5. The van der Waals surface area contributed by atoms with Crippen molar-refractivity contribution in [2.24, 2.45) is 0 Å². The number of halogens is 3. The van der Waals surface area contributed by atoms with Crippen LogP contribution < -0.4 is 0 Å². The van der Waals surface area contributed by atoms with Gasteiger partial charge in [0.1, 0.15) is 0 Å². The van der Waals surface area contributed by atoms with E-state index >= 15 is 0 Å². The topological polar surface area (TPSA) is 43.4 Å². The van der Waals surface area contributed by atoms with Gasteiger partial charge in [-0.1, -0.05) is 6.92 Å². The van der Waals surface area contributed by atoms with Crippen LogP contribution in [-0.4, -0.2) is 27.5 Å². The summed E-state index contributed by atoms with van der Waals surface area (Å²) in [5, 5.41) is 0. The summed E-state index contributed by atoms with van der Waals surface area (Å²) in [4.78, 5) is 0. The second-order valence-corrected chi connectivity index (χ2v) is 4.21. The molecule has 3 nitrogen and oxygen atoms in total. The van der Waals surface area contributed by atoms with Crippen LogP contribution in [-0.2, 0) is 14.3 Å². The van der Waals surface area contributed by atoms with Crippen LogP contribution in [0.2, 0.25) is 0 Å². The monoisotopic (exact) mass is 232 g/mol. The molecule has 0 aliphatic heterocycles. The maximum absolute atomic E-state index is 12.1. The predicted octanol–water partition coefficient (Wildman–Crippen LogP) is 1.86. The van der Waals surface area contributed by atoms with Crippen molar-refractivity contribution in [3.05, 3.63) is 11.6 Å². The minimum Gasteiger partial charge on any atom is -0.266 e. The third kappa shape index (κ3) is 5.98. The smallest absolute Gasteiger partial charge is 0.266 e. The number of rotatable bonds is 4. The van der Waals surface area contributed by atoms with Crippen LogP contribution in [0.15, 0.2) is 11.6 Å². The van der Waals surface area contributed by atoms with Gasteiger partial charge in [-0.2, -0.15) is 21.6 Å². The summed E-state index contributed by atoms with van der Waals surface area (Å²) < 4.78 is 61.2. The zero-order valence-corrected chi connectivity index (χ0v) is 8.57. The number of hydrogen-bond donors (Lipinski definition) is 0. The Morgan fingerprint density at radius 1 is 1.43 bits per heavy atom. The molecule has 7 heteroatoms. The molecule has 0 spiro atoms. The zero-order chi connectivity index (χ0) is 11.4. The van der Waals surface area contributed by atoms with Crippen molar-refractivity contribution < 1.29 is 25.8 Å². The third-order valence-electron chi connectivity index (χ3n) is 1.36. The van der Waals surface area contributed by atoms with Gasteiger partial charge in [-0.05, 0) is 12.5 Å². The Morgan fingerprint density at radius 3 is 2.21 bits per heavy atom. The van der Waals surface area contributed by atoms with Crippen molar-refractivity contribution in [2.45, 2.75) is 19.5 Å². The fourth-order valence-electron chi connectivity index (χ4n) is 0.719. The highest BCUT2D eigenvalue weighted by molar-refractivity contribution is 7.85. The van der Waals surface area contributed by atoms with Gasteiger partial charge in [0.25, 0.3) is 10.1 Å². The van der Waals surface area contributed by atoms with Gasteiger partial charge in [-0.3, -0.25) is 4.18 Å². The predicted molar refractivity (Wildman–Crippen MR) is 45.2 cm³/mol. The van der Waals surface area contributed by atoms with E-state index in [1.54, 1.807) is 0 Å². The molecule has 0 N–H and O–H groups in total. The largest absolute Gasteiger partial charge is 0.412 e. The Hall–Kier alpha value is -0.560. The van der Waals surface area contributed by atoms with Crippen LogP contribution in [0.1, 0.15) is 13.3 Å². The second-order valence-electron chi connectivity index (χ2n) is 2.57. The van der Waals surface area contributed by atoms with Crippen molar-refractivity contribution in [3.8, 4) is 0 Å². The molecule has 14 heavy (non-hydrogen) atoms. The minimum atomic E-state index is -4.42. The molecule has 0 fully saturated rings. The molecule has 0 aromatic heterocycles. The third-order valence-corrected chi connectivity index (χ3v) is 1.92. The van der Waals surface area contributed by atoms with Crippen LogP contribution in [0.25, 0.3) is 0 Å². The van der Waals surface area contributed by atoms with Gasteiger partial charge in [0.05, 0.1) is 12.9 Å². The quantitative estimate of drug-likeness (QED) is 0.549. The molecule has 0 atom stereocenters. The summed E-state index contributed by atoms with van der Waals surface area (Å²) in [7, 11) is -3.69. The molecule has 0 radical (unpaired) electrons. The van der Waals surface area contributed by atoms with Crippen LogP contribution in [0.3, 0.4) is 0 Å².